The lowest BCUT2D eigenvalue weighted by Gasteiger charge is -2.07. The molecule has 0 bridgehead atoms. The highest BCUT2D eigenvalue weighted by atomic mass is 32.2. The zero-order valence-electron chi connectivity index (χ0n) is 18.3. The molecule has 0 saturated heterocycles. The maximum absolute atomic E-state index is 12.6. The number of esters is 1. The van der Waals surface area contributed by atoms with Crippen LogP contribution in [0.3, 0.4) is 0 Å². The number of aromatic nitrogens is 3. The summed E-state index contributed by atoms with van der Waals surface area (Å²) in [5.74, 6) is 0.329. The third-order valence-corrected chi connectivity index (χ3v) is 7.83. The number of anilines is 1. The van der Waals surface area contributed by atoms with E-state index in [2.05, 4.69) is 33.9 Å². The molecule has 0 radical (unpaired) electrons. The van der Waals surface area contributed by atoms with Crippen LogP contribution in [0, 0.1) is 13.8 Å². The van der Waals surface area contributed by atoms with Crippen molar-refractivity contribution in [3.8, 4) is 11.4 Å². The molecule has 7 nitrogen and oxygen atoms in total. The normalized spacial score (nSPS) is 11.0. The van der Waals surface area contributed by atoms with Crippen LogP contribution in [0.2, 0.25) is 0 Å². The molecule has 0 aromatic carbocycles. The Hall–Kier alpha value is -2.17. The number of hydrogen-bond donors (Lipinski definition) is 1. The van der Waals surface area contributed by atoms with Gasteiger partial charge in [0, 0.05) is 27.7 Å². The van der Waals surface area contributed by atoms with Gasteiger partial charge in [-0.2, -0.15) is 0 Å². The number of thioether (sulfide) groups is 1. The number of rotatable bonds is 9. The molecule has 166 valence electrons. The van der Waals surface area contributed by atoms with Crippen LogP contribution in [0.15, 0.2) is 16.6 Å². The Labute approximate surface area is 194 Å². The molecule has 3 heterocycles. The monoisotopic (exact) mass is 478 g/mol. The molecule has 0 spiro atoms. The summed E-state index contributed by atoms with van der Waals surface area (Å²) in [6, 6.07) is 2.15. The van der Waals surface area contributed by atoms with Crippen LogP contribution in [-0.4, -0.2) is 39.0 Å². The van der Waals surface area contributed by atoms with E-state index in [1.54, 1.807) is 18.3 Å². The number of nitrogens with one attached hydrogen (secondary N) is 1. The first-order valence-electron chi connectivity index (χ1n) is 10.0. The number of ether oxygens (including phenoxy) is 1. The average Bonchev–Trinajstić information content (AvgIpc) is 3.39. The van der Waals surface area contributed by atoms with E-state index in [-0.39, 0.29) is 18.3 Å². The van der Waals surface area contributed by atoms with E-state index < -0.39 is 5.97 Å². The van der Waals surface area contributed by atoms with Gasteiger partial charge in [-0.25, -0.2) is 4.79 Å². The van der Waals surface area contributed by atoms with Gasteiger partial charge in [-0.1, -0.05) is 25.1 Å². The SMILES string of the molecule is CCCc1cc(-c2nnc(SCC(=O)Nc3sc(C)c(C)c3C(=O)OCC)n2C)cs1. The summed E-state index contributed by atoms with van der Waals surface area (Å²) >= 11 is 4.42. The van der Waals surface area contributed by atoms with Crippen molar-refractivity contribution in [1.29, 1.82) is 0 Å². The summed E-state index contributed by atoms with van der Waals surface area (Å²) < 4.78 is 7.04. The third kappa shape index (κ3) is 5.36. The maximum atomic E-state index is 12.6. The van der Waals surface area contributed by atoms with Crippen LogP contribution in [0.5, 0.6) is 0 Å². The topological polar surface area (TPSA) is 86.1 Å². The van der Waals surface area contributed by atoms with Gasteiger partial charge in [0.05, 0.1) is 17.9 Å². The molecule has 1 amide bonds. The number of aryl methyl sites for hydroxylation is 2. The van der Waals surface area contributed by atoms with Gasteiger partial charge in [-0.05, 0) is 38.8 Å². The predicted octanol–water partition coefficient (Wildman–Crippen LogP) is 5.08. The molecule has 1 N–H and O–H groups in total. The smallest absolute Gasteiger partial charge is 0.341 e. The van der Waals surface area contributed by atoms with Crippen molar-refractivity contribution < 1.29 is 14.3 Å². The predicted molar refractivity (Wildman–Crippen MR) is 127 cm³/mol. The summed E-state index contributed by atoms with van der Waals surface area (Å²) in [6.07, 6.45) is 2.16. The molecule has 0 aliphatic rings. The molecule has 0 aliphatic heterocycles. The van der Waals surface area contributed by atoms with E-state index in [1.807, 2.05) is 25.5 Å². The Morgan fingerprint density at radius 3 is 2.74 bits per heavy atom. The van der Waals surface area contributed by atoms with Crippen molar-refractivity contribution in [2.75, 3.05) is 17.7 Å². The van der Waals surface area contributed by atoms with Crippen molar-refractivity contribution >= 4 is 51.3 Å². The Morgan fingerprint density at radius 1 is 1.26 bits per heavy atom. The van der Waals surface area contributed by atoms with Crippen LogP contribution < -0.4 is 5.32 Å². The first-order valence-corrected chi connectivity index (χ1v) is 12.7. The van der Waals surface area contributed by atoms with Crippen molar-refractivity contribution in [2.24, 2.45) is 7.05 Å². The molecule has 0 aliphatic carbocycles. The second-order valence-corrected chi connectivity index (χ2v) is 10.1. The van der Waals surface area contributed by atoms with Crippen molar-refractivity contribution in [1.82, 2.24) is 14.8 Å². The fraction of sp³-hybridized carbons (Fsp3) is 0.429. The first-order chi connectivity index (χ1) is 14.8. The van der Waals surface area contributed by atoms with Crippen molar-refractivity contribution in [3.63, 3.8) is 0 Å². The van der Waals surface area contributed by atoms with E-state index in [0.717, 1.165) is 34.7 Å². The zero-order valence-corrected chi connectivity index (χ0v) is 20.7. The van der Waals surface area contributed by atoms with E-state index in [9.17, 15) is 9.59 Å². The largest absolute Gasteiger partial charge is 0.462 e. The average molecular weight is 479 g/mol. The molecule has 0 atom stereocenters. The number of carbonyl (C=O) groups is 2. The number of hydrogen-bond acceptors (Lipinski definition) is 8. The van der Waals surface area contributed by atoms with Gasteiger partial charge in [0.15, 0.2) is 11.0 Å². The Bertz CT molecular complexity index is 1080. The number of amides is 1. The third-order valence-electron chi connectivity index (χ3n) is 4.69. The number of nitrogens with zero attached hydrogens (tertiary/aromatic N) is 3. The second kappa shape index (κ2) is 10.4. The van der Waals surface area contributed by atoms with Gasteiger partial charge >= 0.3 is 5.97 Å². The molecular formula is C21H26N4O3S3. The molecule has 3 aromatic heterocycles. The zero-order chi connectivity index (χ0) is 22.5. The second-order valence-electron chi connectivity index (χ2n) is 6.96. The minimum atomic E-state index is -0.413. The quantitative estimate of drug-likeness (QED) is 0.341. The summed E-state index contributed by atoms with van der Waals surface area (Å²) in [5.41, 5.74) is 2.31. The minimum absolute atomic E-state index is 0.162. The molecular weight excluding hydrogens is 452 g/mol. The van der Waals surface area contributed by atoms with Crippen LogP contribution in [0.1, 0.15) is 45.9 Å². The van der Waals surface area contributed by atoms with E-state index >= 15 is 0 Å². The standard InChI is InChI=1S/C21H26N4O3S3/c1-6-8-15-9-14(10-29-15)18-23-24-21(25(18)5)30-11-16(26)22-19-17(20(27)28-7-2)12(3)13(4)31-19/h9-10H,6-8,11H2,1-5H3,(H,22,26). The van der Waals surface area contributed by atoms with E-state index in [4.69, 9.17) is 4.74 Å². The van der Waals surface area contributed by atoms with E-state index in [1.165, 1.54) is 28.0 Å². The van der Waals surface area contributed by atoms with Crippen LogP contribution in [0.4, 0.5) is 5.00 Å². The lowest BCUT2D eigenvalue weighted by atomic mass is 10.1. The number of thiophene rings is 2. The highest BCUT2D eigenvalue weighted by Gasteiger charge is 2.22. The van der Waals surface area contributed by atoms with Gasteiger partial charge in [0.1, 0.15) is 5.00 Å². The van der Waals surface area contributed by atoms with Gasteiger partial charge in [-0.3, -0.25) is 4.79 Å². The molecule has 0 fully saturated rings. The van der Waals surface area contributed by atoms with E-state index in [0.29, 0.717) is 15.7 Å². The summed E-state index contributed by atoms with van der Waals surface area (Å²) in [6.45, 7) is 7.99. The fourth-order valence-corrected chi connectivity index (χ4v) is 5.77. The van der Waals surface area contributed by atoms with Gasteiger partial charge < -0.3 is 14.6 Å². The van der Waals surface area contributed by atoms with Crippen molar-refractivity contribution in [2.45, 2.75) is 45.7 Å². The molecule has 10 heteroatoms. The summed E-state index contributed by atoms with van der Waals surface area (Å²) in [7, 11) is 1.90. The summed E-state index contributed by atoms with van der Waals surface area (Å²) in [5, 5.41) is 14.7. The van der Waals surface area contributed by atoms with Gasteiger partial charge in [-0.15, -0.1) is 32.9 Å². The molecule has 3 rings (SSSR count). The Kier molecular flexibility index (Phi) is 7.90. The Morgan fingerprint density at radius 2 is 2.03 bits per heavy atom. The number of carbonyl (C=O) groups excluding carboxylic acids is 2. The first kappa shape index (κ1) is 23.5. The lowest BCUT2D eigenvalue weighted by molar-refractivity contribution is -0.113. The van der Waals surface area contributed by atoms with Crippen molar-refractivity contribution in [3.05, 3.63) is 32.3 Å². The molecule has 31 heavy (non-hydrogen) atoms. The maximum Gasteiger partial charge on any atom is 0.341 e. The minimum Gasteiger partial charge on any atom is -0.462 e. The highest BCUT2D eigenvalue weighted by molar-refractivity contribution is 7.99. The highest BCUT2D eigenvalue weighted by Crippen LogP contribution is 2.33. The van der Waals surface area contributed by atoms with Crippen LogP contribution >= 0.6 is 34.4 Å². The van der Waals surface area contributed by atoms with Gasteiger partial charge in [0.2, 0.25) is 5.91 Å². The van der Waals surface area contributed by atoms with Crippen LogP contribution in [0.25, 0.3) is 11.4 Å². The Balaban J connectivity index is 1.66. The summed E-state index contributed by atoms with van der Waals surface area (Å²) in [4.78, 5) is 27.2. The fourth-order valence-electron chi connectivity index (χ4n) is 3.02. The molecule has 0 saturated carbocycles. The molecule has 0 unspecified atom stereocenters. The molecule has 3 aromatic rings. The van der Waals surface area contributed by atoms with Gasteiger partial charge in [0.25, 0.3) is 0 Å². The van der Waals surface area contributed by atoms with Crippen LogP contribution in [-0.2, 0) is 23.0 Å². The lowest BCUT2D eigenvalue weighted by Crippen LogP contribution is -2.16.